The summed E-state index contributed by atoms with van der Waals surface area (Å²) in [5.74, 6) is 0. The lowest BCUT2D eigenvalue weighted by Gasteiger charge is -2.51. The minimum atomic E-state index is 0.0851. The molecule has 1 saturated heterocycles. The van der Waals surface area contributed by atoms with Gasteiger partial charge in [-0.15, -0.1) is 0 Å². The maximum absolute atomic E-state index is 5.99. The Morgan fingerprint density at radius 1 is 1.18 bits per heavy atom. The first-order chi connectivity index (χ1) is 5.12. The summed E-state index contributed by atoms with van der Waals surface area (Å²) < 4.78 is 5.99. The Kier molecular flexibility index (Phi) is 1.52. The van der Waals surface area contributed by atoms with Gasteiger partial charge in [0.1, 0.15) is 5.72 Å². The fraction of sp³-hybridized carbons (Fsp3) is 1.00. The van der Waals surface area contributed by atoms with E-state index in [9.17, 15) is 0 Å². The van der Waals surface area contributed by atoms with E-state index in [0.29, 0.717) is 0 Å². The van der Waals surface area contributed by atoms with Crippen molar-refractivity contribution in [3.63, 3.8) is 0 Å². The highest BCUT2D eigenvalue weighted by Crippen LogP contribution is 2.39. The van der Waals surface area contributed by atoms with Crippen LogP contribution in [0.4, 0.5) is 0 Å². The van der Waals surface area contributed by atoms with Gasteiger partial charge in [-0.2, -0.15) is 0 Å². The molecule has 2 nitrogen and oxygen atoms in total. The molecule has 0 aromatic carbocycles. The standard InChI is InChI=1S/C9H17NO/c1-8(2)6-7-10-9(11-8)4-3-5-9/h10H,3-7H2,1-2H3. The topological polar surface area (TPSA) is 21.3 Å². The minimum absolute atomic E-state index is 0.0851. The molecule has 2 fully saturated rings. The molecule has 1 saturated carbocycles. The van der Waals surface area contributed by atoms with Gasteiger partial charge in [-0.1, -0.05) is 0 Å². The van der Waals surface area contributed by atoms with Crippen LogP contribution in [0, 0.1) is 0 Å². The fourth-order valence-electron chi connectivity index (χ4n) is 1.98. The Hall–Kier alpha value is -0.0800. The van der Waals surface area contributed by atoms with Crippen LogP contribution in [0.25, 0.3) is 0 Å². The molecule has 0 unspecified atom stereocenters. The fourth-order valence-corrected chi connectivity index (χ4v) is 1.98. The number of ether oxygens (including phenoxy) is 1. The summed E-state index contributed by atoms with van der Waals surface area (Å²) >= 11 is 0. The molecule has 1 spiro atoms. The van der Waals surface area contributed by atoms with Crippen molar-refractivity contribution in [2.45, 2.75) is 50.9 Å². The second-order valence-corrected chi connectivity index (χ2v) is 4.39. The van der Waals surface area contributed by atoms with E-state index in [1.165, 1.54) is 19.3 Å². The van der Waals surface area contributed by atoms with Gasteiger partial charge in [-0.25, -0.2) is 0 Å². The van der Waals surface area contributed by atoms with Gasteiger partial charge in [0.05, 0.1) is 5.60 Å². The average molecular weight is 155 g/mol. The van der Waals surface area contributed by atoms with Crippen LogP contribution >= 0.6 is 0 Å². The van der Waals surface area contributed by atoms with Gasteiger partial charge >= 0.3 is 0 Å². The average Bonchev–Trinajstić information content (AvgIpc) is 1.82. The molecule has 2 aliphatic rings. The lowest BCUT2D eigenvalue weighted by Crippen LogP contribution is -2.61. The van der Waals surface area contributed by atoms with Gasteiger partial charge in [0.15, 0.2) is 0 Å². The first kappa shape index (κ1) is 7.56. The second kappa shape index (κ2) is 2.20. The highest BCUT2D eigenvalue weighted by molar-refractivity contribution is 4.94. The molecule has 2 heteroatoms. The summed E-state index contributed by atoms with van der Waals surface area (Å²) in [7, 11) is 0. The molecule has 1 aliphatic carbocycles. The normalized spacial score (nSPS) is 33.3. The highest BCUT2D eigenvalue weighted by Gasteiger charge is 2.44. The molecule has 2 rings (SSSR count). The van der Waals surface area contributed by atoms with E-state index < -0.39 is 0 Å². The van der Waals surface area contributed by atoms with Crippen molar-refractivity contribution < 1.29 is 4.74 Å². The van der Waals surface area contributed by atoms with Crippen LogP contribution in [0.1, 0.15) is 39.5 Å². The van der Waals surface area contributed by atoms with Crippen LogP contribution in [0.5, 0.6) is 0 Å². The Labute approximate surface area is 68.3 Å². The number of rotatable bonds is 0. The monoisotopic (exact) mass is 155 g/mol. The quantitative estimate of drug-likeness (QED) is 0.574. The van der Waals surface area contributed by atoms with Gasteiger partial charge in [0, 0.05) is 6.54 Å². The molecule has 0 radical (unpaired) electrons. The van der Waals surface area contributed by atoms with Crippen LogP contribution in [-0.2, 0) is 4.74 Å². The summed E-state index contributed by atoms with van der Waals surface area (Å²) in [5, 5.41) is 3.47. The Balaban J connectivity index is 2.03. The van der Waals surface area contributed by atoms with E-state index in [0.717, 1.165) is 13.0 Å². The Bertz CT molecular complexity index is 161. The zero-order chi connectivity index (χ0) is 7.95. The summed E-state index contributed by atoms with van der Waals surface area (Å²) in [6.07, 6.45) is 4.87. The largest absolute Gasteiger partial charge is 0.355 e. The van der Waals surface area contributed by atoms with Crippen LogP contribution in [0.15, 0.2) is 0 Å². The molecular weight excluding hydrogens is 138 g/mol. The van der Waals surface area contributed by atoms with E-state index in [1.807, 2.05) is 0 Å². The Morgan fingerprint density at radius 3 is 2.27 bits per heavy atom. The van der Waals surface area contributed by atoms with E-state index in [1.54, 1.807) is 0 Å². The zero-order valence-corrected chi connectivity index (χ0v) is 7.44. The van der Waals surface area contributed by atoms with Crippen LogP contribution in [0.2, 0.25) is 0 Å². The van der Waals surface area contributed by atoms with Gasteiger partial charge in [0.25, 0.3) is 0 Å². The second-order valence-electron chi connectivity index (χ2n) is 4.39. The Morgan fingerprint density at radius 2 is 1.91 bits per heavy atom. The number of hydrogen-bond acceptors (Lipinski definition) is 2. The third-order valence-corrected chi connectivity index (χ3v) is 2.81. The SMILES string of the molecule is CC1(C)CCNC2(CCC2)O1. The minimum Gasteiger partial charge on any atom is -0.355 e. The summed E-state index contributed by atoms with van der Waals surface area (Å²) in [5.41, 5.74) is 0.188. The summed E-state index contributed by atoms with van der Waals surface area (Å²) in [6.45, 7) is 5.49. The molecule has 0 aromatic heterocycles. The highest BCUT2D eigenvalue weighted by atomic mass is 16.5. The van der Waals surface area contributed by atoms with E-state index in [-0.39, 0.29) is 11.3 Å². The van der Waals surface area contributed by atoms with Gasteiger partial charge in [-0.05, 0) is 39.5 Å². The number of nitrogens with one attached hydrogen (secondary N) is 1. The predicted octanol–water partition coefficient (Wildman–Crippen LogP) is 1.66. The smallest absolute Gasteiger partial charge is 0.119 e. The number of hydrogen-bond donors (Lipinski definition) is 1. The molecule has 0 atom stereocenters. The van der Waals surface area contributed by atoms with E-state index in [4.69, 9.17) is 4.74 Å². The molecule has 0 bridgehead atoms. The van der Waals surface area contributed by atoms with E-state index >= 15 is 0 Å². The first-order valence-corrected chi connectivity index (χ1v) is 4.57. The van der Waals surface area contributed by atoms with Crippen molar-refractivity contribution in [3.05, 3.63) is 0 Å². The van der Waals surface area contributed by atoms with Crippen molar-refractivity contribution in [1.82, 2.24) is 5.32 Å². The van der Waals surface area contributed by atoms with Gasteiger partial charge in [-0.3, -0.25) is 5.32 Å². The lowest BCUT2D eigenvalue weighted by atomic mass is 9.84. The predicted molar refractivity (Wildman–Crippen MR) is 44.4 cm³/mol. The van der Waals surface area contributed by atoms with Crippen molar-refractivity contribution in [2.75, 3.05) is 6.54 Å². The van der Waals surface area contributed by atoms with Crippen molar-refractivity contribution in [2.24, 2.45) is 0 Å². The molecular formula is C9H17NO. The van der Waals surface area contributed by atoms with Crippen LogP contribution < -0.4 is 5.32 Å². The molecule has 0 amide bonds. The molecule has 11 heavy (non-hydrogen) atoms. The van der Waals surface area contributed by atoms with Crippen molar-refractivity contribution in [3.8, 4) is 0 Å². The van der Waals surface area contributed by atoms with Crippen LogP contribution in [-0.4, -0.2) is 17.9 Å². The molecule has 1 heterocycles. The maximum Gasteiger partial charge on any atom is 0.119 e. The third-order valence-electron chi connectivity index (χ3n) is 2.81. The summed E-state index contributed by atoms with van der Waals surface area (Å²) in [4.78, 5) is 0. The molecule has 64 valence electrons. The van der Waals surface area contributed by atoms with Gasteiger partial charge in [0.2, 0.25) is 0 Å². The molecule has 1 N–H and O–H groups in total. The van der Waals surface area contributed by atoms with E-state index in [2.05, 4.69) is 19.2 Å². The van der Waals surface area contributed by atoms with Crippen molar-refractivity contribution in [1.29, 1.82) is 0 Å². The van der Waals surface area contributed by atoms with Gasteiger partial charge < -0.3 is 4.74 Å². The summed E-state index contributed by atoms with van der Waals surface area (Å²) in [6, 6.07) is 0. The molecule has 1 aliphatic heterocycles. The van der Waals surface area contributed by atoms with Crippen LogP contribution in [0.3, 0.4) is 0 Å². The zero-order valence-electron chi connectivity index (χ0n) is 7.44. The molecule has 0 aromatic rings. The third kappa shape index (κ3) is 1.30. The first-order valence-electron chi connectivity index (χ1n) is 4.57. The lowest BCUT2D eigenvalue weighted by molar-refractivity contribution is -0.219. The van der Waals surface area contributed by atoms with Crippen molar-refractivity contribution >= 4 is 0 Å². The maximum atomic E-state index is 5.99.